The van der Waals surface area contributed by atoms with Crippen LogP contribution in [0.4, 0.5) is 10.1 Å². The molecule has 3 rings (SSSR count). The lowest BCUT2D eigenvalue weighted by molar-refractivity contribution is 0.0718. The Morgan fingerprint density at radius 3 is 2.50 bits per heavy atom. The first-order valence-corrected chi connectivity index (χ1v) is 8.46. The van der Waals surface area contributed by atoms with E-state index < -0.39 is 0 Å². The molecule has 1 amide bonds. The van der Waals surface area contributed by atoms with Gasteiger partial charge in [-0.2, -0.15) is 0 Å². The number of carbonyl (C=O) groups is 1. The van der Waals surface area contributed by atoms with Crippen molar-refractivity contribution in [1.82, 2.24) is 9.88 Å². The highest BCUT2D eigenvalue weighted by atomic mass is 19.1. The first-order valence-electron chi connectivity index (χ1n) is 8.46. The molecule has 0 saturated carbocycles. The molecule has 0 spiro atoms. The smallest absolute Gasteiger partial charge is 0.272 e. The lowest BCUT2D eigenvalue weighted by Gasteiger charge is -2.26. The third kappa shape index (κ3) is 4.31. The molecule has 1 saturated heterocycles. The maximum absolute atomic E-state index is 12.9. The van der Waals surface area contributed by atoms with Crippen molar-refractivity contribution in [2.75, 3.05) is 25.0 Å². The normalized spacial score (nSPS) is 14.5. The Bertz CT molecular complexity index is 664. The minimum Gasteiger partial charge on any atom is -0.383 e. The van der Waals surface area contributed by atoms with Crippen molar-refractivity contribution in [3.63, 3.8) is 0 Å². The van der Waals surface area contributed by atoms with Crippen LogP contribution < -0.4 is 5.32 Å². The van der Waals surface area contributed by atoms with Crippen LogP contribution in [0.2, 0.25) is 0 Å². The predicted octanol–water partition coefficient (Wildman–Crippen LogP) is 3.50. The van der Waals surface area contributed by atoms with Crippen LogP contribution in [0.15, 0.2) is 42.6 Å². The quantitative estimate of drug-likeness (QED) is 0.914. The van der Waals surface area contributed by atoms with E-state index in [4.69, 9.17) is 0 Å². The van der Waals surface area contributed by atoms with E-state index in [2.05, 4.69) is 10.3 Å². The number of benzene rings is 1. The molecule has 2 aromatic rings. The van der Waals surface area contributed by atoms with Gasteiger partial charge in [0.1, 0.15) is 11.5 Å². The molecule has 0 bridgehead atoms. The standard InChI is InChI=1S/C19H22FN3O/c20-16-6-4-15(5-7-16)10-11-21-17-8-9-18(22-14-17)19(24)23-12-2-1-3-13-23/h4-9,14,21H,1-3,10-13H2. The van der Waals surface area contributed by atoms with Gasteiger partial charge in [-0.15, -0.1) is 0 Å². The first-order chi connectivity index (χ1) is 11.7. The highest BCUT2D eigenvalue weighted by molar-refractivity contribution is 5.92. The van der Waals surface area contributed by atoms with Gasteiger partial charge in [-0.05, 0) is 55.5 Å². The topological polar surface area (TPSA) is 45.2 Å². The average Bonchev–Trinajstić information content (AvgIpc) is 2.64. The summed E-state index contributed by atoms with van der Waals surface area (Å²) < 4.78 is 12.9. The summed E-state index contributed by atoms with van der Waals surface area (Å²) in [7, 11) is 0. The molecule has 0 radical (unpaired) electrons. The fourth-order valence-electron chi connectivity index (χ4n) is 2.89. The Morgan fingerprint density at radius 2 is 1.83 bits per heavy atom. The van der Waals surface area contributed by atoms with Crippen LogP contribution >= 0.6 is 0 Å². The summed E-state index contributed by atoms with van der Waals surface area (Å²) in [6, 6.07) is 10.2. The number of piperidine rings is 1. The van der Waals surface area contributed by atoms with E-state index in [1.165, 1.54) is 18.6 Å². The number of anilines is 1. The zero-order valence-electron chi connectivity index (χ0n) is 13.7. The first kappa shape index (κ1) is 16.4. The molecule has 0 aliphatic carbocycles. The lowest BCUT2D eigenvalue weighted by Crippen LogP contribution is -2.36. The van der Waals surface area contributed by atoms with Crippen molar-refractivity contribution in [3.05, 3.63) is 59.7 Å². The molecular formula is C19H22FN3O. The number of nitrogens with one attached hydrogen (secondary N) is 1. The van der Waals surface area contributed by atoms with E-state index >= 15 is 0 Å². The Hall–Kier alpha value is -2.43. The Kier molecular flexibility index (Phi) is 5.41. The van der Waals surface area contributed by atoms with Crippen LogP contribution in [0.25, 0.3) is 0 Å². The lowest BCUT2D eigenvalue weighted by atomic mass is 10.1. The number of carbonyl (C=O) groups excluding carboxylic acids is 1. The molecule has 1 aromatic heterocycles. The van der Waals surface area contributed by atoms with Crippen molar-refractivity contribution < 1.29 is 9.18 Å². The average molecular weight is 327 g/mol. The van der Waals surface area contributed by atoms with Crippen LogP contribution in [0.5, 0.6) is 0 Å². The molecule has 1 N–H and O–H groups in total. The molecule has 126 valence electrons. The van der Waals surface area contributed by atoms with Gasteiger partial charge < -0.3 is 10.2 Å². The van der Waals surface area contributed by atoms with Gasteiger partial charge in [0.05, 0.1) is 11.9 Å². The minimum atomic E-state index is -0.218. The molecule has 5 heteroatoms. The fraction of sp³-hybridized carbons (Fsp3) is 0.368. The van der Waals surface area contributed by atoms with Crippen LogP contribution in [-0.2, 0) is 6.42 Å². The zero-order chi connectivity index (χ0) is 16.8. The van der Waals surface area contributed by atoms with E-state index in [1.807, 2.05) is 11.0 Å². The monoisotopic (exact) mass is 327 g/mol. The molecule has 4 nitrogen and oxygen atoms in total. The third-order valence-corrected chi connectivity index (χ3v) is 4.28. The number of pyridine rings is 1. The number of hydrogen-bond acceptors (Lipinski definition) is 3. The van der Waals surface area contributed by atoms with E-state index in [0.29, 0.717) is 5.69 Å². The molecule has 1 fully saturated rings. The van der Waals surface area contributed by atoms with Crippen LogP contribution in [0.1, 0.15) is 35.3 Å². The second kappa shape index (κ2) is 7.90. The molecule has 1 aliphatic heterocycles. The second-order valence-electron chi connectivity index (χ2n) is 6.09. The maximum atomic E-state index is 12.9. The van der Waals surface area contributed by atoms with Crippen molar-refractivity contribution in [1.29, 1.82) is 0 Å². The summed E-state index contributed by atoms with van der Waals surface area (Å²) in [5.74, 6) is -0.197. The molecule has 1 aromatic carbocycles. The third-order valence-electron chi connectivity index (χ3n) is 4.28. The van der Waals surface area contributed by atoms with E-state index in [0.717, 1.165) is 50.1 Å². The fourth-order valence-corrected chi connectivity index (χ4v) is 2.89. The van der Waals surface area contributed by atoms with E-state index in [9.17, 15) is 9.18 Å². The Labute approximate surface area is 141 Å². The van der Waals surface area contributed by atoms with E-state index in [-0.39, 0.29) is 11.7 Å². The van der Waals surface area contributed by atoms with Gasteiger partial charge in [0.2, 0.25) is 0 Å². The number of amides is 1. The number of aromatic nitrogens is 1. The van der Waals surface area contributed by atoms with Gasteiger partial charge in [-0.25, -0.2) is 9.37 Å². The summed E-state index contributed by atoms with van der Waals surface area (Å²) in [5, 5.41) is 3.27. The van der Waals surface area contributed by atoms with Crippen molar-refractivity contribution in [2.45, 2.75) is 25.7 Å². The number of halogens is 1. The van der Waals surface area contributed by atoms with Crippen LogP contribution in [-0.4, -0.2) is 35.4 Å². The summed E-state index contributed by atoms with van der Waals surface area (Å²) in [6.45, 7) is 2.39. The molecular weight excluding hydrogens is 305 g/mol. The van der Waals surface area contributed by atoms with Crippen molar-refractivity contribution >= 4 is 11.6 Å². The van der Waals surface area contributed by atoms with E-state index in [1.54, 1.807) is 24.4 Å². The molecule has 24 heavy (non-hydrogen) atoms. The second-order valence-corrected chi connectivity index (χ2v) is 6.09. The van der Waals surface area contributed by atoms with Crippen molar-refractivity contribution in [2.24, 2.45) is 0 Å². The Morgan fingerprint density at radius 1 is 1.08 bits per heavy atom. The van der Waals surface area contributed by atoms with Gasteiger partial charge in [0.25, 0.3) is 5.91 Å². The zero-order valence-corrected chi connectivity index (χ0v) is 13.7. The van der Waals surface area contributed by atoms with Gasteiger partial charge in [-0.1, -0.05) is 12.1 Å². The van der Waals surface area contributed by atoms with Gasteiger partial charge in [0, 0.05) is 19.6 Å². The van der Waals surface area contributed by atoms with Gasteiger partial charge >= 0.3 is 0 Å². The van der Waals surface area contributed by atoms with Crippen LogP contribution in [0, 0.1) is 5.82 Å². The summed E-state index contributed by atoms with van der Waals surface area (Å²) in [5.41, 5.74) is 2.46. The Balaban J connectivity index is 1.50. The number of hydrogen-bond donors (Lipinski definition) is 1. The van der Waals surface area contributed by atoms with Crippen molar-refractivity contribution in [3.8, 4) is 0 Å². The molecule has 0 atom stereocenters. The van der Waals surface area contributed by atoms with Crippen LogP contribution in [0.3, 0.4) is 0 Å². The molecule has 1 aliphatic rings. The number of nitrogens with zero attached hydrogens (tertiary/aromatic N) is 2. The SMILES string of the molecule is O=C(c1ccc(NCCc2ccc(F)cc2)cn1)N1CCCCC1. The van der Waals surface area contributed by atoms with Gasteiger partial charge in [-0.3, -0.25) is 4.79 Å². The molecule has 2 heterocycles. The highest BCUT2D eigenvalue weighted by Gasteiger charge is 2.18. The highest BCUT2D eigenvalue weighted by Crippen LogP contribution is 2.13. The number of likely N-dealkylation sites (tertiary alicyclic amines) is 1. The predicted molar refractivity (Wildman–Crippen MR) is 92.6 cm³/mol. The molecule has 0 unspecified atom stereocenters. The summed E-state index contributed by atoms with van der Waals surface area (Å²) in [6.07, 6.45) is 5.86. The largest absolute Gasteiger partial charge is 0.383 e. The number of rotatable bonds is 5. The summed E-state index contributed by atoms with van der Waals surface area (Å²) >= 11 is 0. The summed E-state index contributed by atoms with van der Waals surface area (Å²) in [4.78, 5) is 18.5. The maximum Gasteiger partial charge on any atom is 0.272 e. The van der Waals surface area contributed by atoms with Gasteiger partial charge in [0.15, 0.2) is 0 Å². The minimum absolute atomic E-state index is 0.0209.